The van der Waals surface area contributed by atoms with Gasteiger partial charge in [-0.05, 0) is 43.2 Å². The third kappa shape index (κ3) is 5.45. The van der Waals surface area contributed by atoms with Crippen LogP contribution in [0.1, 0.15) is 24.8 Å². The van der Waals surface area contributed by atoms with Gasteiger partial charge in [0, 0.05) is 44.3 Å². The zero-order valence-corrected chi connectivity index (χ0v) is 16.3. The highest BCUT2D eigenvalue weighted by molar-refractivity contribution is 5.78. The van der Waals surface area contributed by atoms with Gasteiger partial charge in [0.25, 0.3) is 0 Å². The van der Waals surface area contributed by atoms with E-state index in [1.54, 1.807) is 6.92 Å². The fourth-order valence-electron chi connectivity index (χ4n) is 3.60. The van der Waals surface area contributed by atoms with Crippen molar-refractivity contribution in [2.75, 3.05) is 37.6 Å². The van der Waals surface area contributed by atoms with Crippen molar-refractivity contribution in [1.29, 1.82) is 0 Å². The molecular weight excluding hydrogens is 355 g/mol. The number of rotatable bonds is 6. The smallest absolute Gasteiger partial charge is 0.191 e. The van der Waals surface area contributed by atoms with E-state index in [1.165, 1.54) is 17.7 Å². The summed E-state index contributed by atoms with van der Waals surface area (Å²) in [5.74, 6) is 0.467. The number of aliphatic hydroxyl groups excluding tert-OH is 1. The third-order valence-electron chi connectivity index (χ3n) is 5.17. The highest BCUT2D eigenvalue weighted by Gasteiger charge is 2.20. The molecule has 6 heteroatoms. The van der Waals surface area contributed by atoms with Crippen molar-refractivity contribution >= 4 is 11.6 Å². The van der Waals surface area contributed by atoms with Crippen molar-refractivity contribution in [3.8, 4) is 0 Å². The van der Waals surface area contributed by atoms with Crippen molar-refractivity contribution in [1.82, 2.24) is 4.90 Å². The summed E-state index contributed by atoms with van der Waals surface area (Å²) in [6, 6.07) is 16.7. The molecule has 2 aromatic rings. The molecule has 1 aliphatic rings. The Kier molecular flexibility index (Phi) is 6.87. The van der Waals surface area contributed by atoms with Crippen LogP contribution in [-0.2, 0) is 0 Å². The molecule has 28 heavy (non-hydrogen) atoms. The molecule has 0 spiro atoms. The summed E-state index contributed by atoms with van der Waals surface area (Å²) in [4.78, 5) is 8.94. The number of nitrogens with zero attached hydrogens (tertiary/aromatic N) is 3. The van der Waals surface area contributed by atoms with Crippen molar-refractivity contribution < 1.29 is 9.50 Å². The molecule has 0 aliphatic carbocycles. The lowest BCUT2D eigenvalue weighted by molar-refractivity contribution is 0.175. The summed E-state index contributed by atoms with van der Waals surface area (Å²) in [6.45, 7) is 5.55. The van der Waals surface area contributed by atoms with Crippen molar-refractivity contribution in [2.45, 2.75) is 25.4 Å². The molecule has 3 rings (SSSR count). The van der Waals surface area contributed by atoms with Gasteiger partial charge in [-0.3, -0.25) is 4.99 Å². The van der Waals surface area contributed by atoms with Crippen LogP contribution in [0.25, 0.3) is 0 Å². The maximum absolute atomic E-state index is 13.1. The molecule has 1 fully saturated rings. The molecule has 2 unspecified atom stereocenters. The summed E-state index contributed by atoms with van der Waals surface area (Å²) in [6.07, 6.45) is 0.264. The second-order valence-electron chi connectivity index (χ2n) is 7.34. The van der Waals surface area contributed by atoms with E-state index < -0.39 is 0 Å². The van der Waals surface area contributed by atoms with E-state index in [0.29, 0.717) is 18.9 Å². The molecule has 1 heterocycles. The summed E-state index contributed by atoms with van der Waals surface area (Å²) >= 11 is 0. The van der Waals surface area contributed by atoms with Crippen LogP contribution < -0.4 is 10.6 Å². The summed E-state index contributed by atoms with van der Waals surface area (Å²) in [7, 11) is 0. The van der Waals surface area contributed by atoms with Gasteiger partial charge in [-0.25, -0.2) is 4.39 Å². The lowest BCUT2D eigenvalue weighted by Gasteiger charge is -2.36. The Morgan fingerprint density at radius 2 is 1.71 bits per heavy atom. The standard InChI is InChI=1S/C22H29FN4O/c1-17(28)15-19(18-5-3-2-4-6-18)16-25-22(24)27-13-11-26(12-14-27)21-9-7-20(23)8-10-21/h2-10,17,19,28H,11-16H2,1H3,(H2,24,25). The molecule has 2 aromatic carbocycles. The third-order valence-corrected chi connectivity index (χ3v) is 5.17. The minimum absolute atomic E-state index is 0.139. The summed E-state index contributed by atoms with van der Waals surface area (Å²) in [5.41, 5.74) is 8.45. The molecule has 0 bridgehead atoms. The van der Waals surface area contributed by atoms with Gasteiger partial charge in [-0.1, -0.05) is 30.3 Å². The first-order valence-electron chi connectivity index (χ1n) is 9.81. The van der Waals surface area contributed by atoms with Crippen LogP contribution in [0.3, 0.4) is 0 Å². The largest absolute Gasteiger partial charge is 0.393 e. The highest BCUT2D eigenvalue weighted by atomic mass is 19.1. The fourth-order valence-corrected chi connectivity index (χ4v) is 3.60. The predicted octanol–water partition coefficient (Wildman–Crippen LogP) is 2.82. The molecule has 2 atom stereocenters. The average Bonchev–Trinajstić information content (AvgIpc) is 2.72. The molecule has 1 saturated heterocycles. The molecule has 150 valence electrons. The van der Waals surface area contributed by atoms with Gasteiger partial charge in [0.2, 0.25) is 0 Å². The SMILES string of the molecule is CC(O)CC(CN=C(N)N1CCN(c2ccc(F)cc2)CC1)c1ccccc1. The Labute approximate surface area is 166 Å². The van der Waals surface area contributed by atoms with Crippen LogP contribution in [0.15, 0.2) is 59.6 Å². The van der Waals surface area contributed by atoms with Gasteiger partial charge in [-0.15, -0.1) is 0 Å². The number of aliphatic imine (C=N–C) groups is 1. The number of hydrogen-bond acceptors (Lipinski definition) is 3. The lowest BCUT2D eigenvalue weighted by atomic mass is 9.93. The van der Waals surface area contributed by atoms with E-state index in [2.05, 4.69) is 26.9 Å². The molecule has 3 N–H and O–H groups in total. The number of aliphatic hydroxyl groups is 1. The average molecular weight is 384 g/mol. The van der Waals surface area contributed by atoms with Crippen LogP contribution in [0.4, 0.5) is 10.1 Å². The first-order valence-corrected chi connectivity index (χ1v) is 9.81. The molecule has 5 nitrogen and oxygen atoms in total. The fraction of sp³-hybridized carbons (Fsp3) is 0.409. The van der Waals surface area contributed by atoms with Crippen molar-refractivity contribution in [2.24, 2.45) is 10.7 Å². The van der Waals surface area contributed by atoms with E-state index >= 15 is 0 Å². The van der Waals surface area contributed by atoms with Crippen LogP contribution in [0, 0.1) is 5.82 Å². The quantitative estimate of drug-likeness (QED) is 0.594. The van der Waals surface area contributed by atoms with E-state index in [-0.39, 0.29) is 17.8 Å². The molecule has 0 amide bonds. The zero-order valence-electron chi connectivity index (χ0n) is 16.3. The first-order chi connectivity index (χ1) is 13.5. The Hall–Kier alpha value is -2.60. The minimum atomic E-state index is -0.388. The predicted molar refractivity (Wildman–Crippen MR) is 112 cm³/mol. The van der Waals surface area contributed by atoms with Gasteiger partial charge in [0.05, 0.1) is 6.10 Å². The summed E-state index contributed by atoms with van der Waals surface area (Å²) < 4.78 is 13.1. The number of halogens is 1. The van der Waals surface area contributed by atoms with Gasteiger partial charge in [-0.2, -0.15) is 0 Å². The van der Waals surface area contributed by atoms with Crippen LogP contribution in [0.2, 0.25) is 0 Å². The number of anilines is 1. The number of guanidine groups is 1. The number of nitrogens with two attached hydrogens (primary N) is 1. The molecule has 1 aliphatic heterocycles. The van der Waals surface area contributed by atoms with Gasteiger partial charge >= 0.3 is 0 Å². The van der Waals surface area contributed by atoms with Gasteiger partial charge in [0.15, 0.2) is 5.96 Å². The van der Waals surface area contributed by atoms with E-state index in [0.717, 1.165) is 31.9 Å². The van der Waals surface area contributed by atoms with E-state index in [1.807, 2.05) is 30.3 Å². The first kappa shape index (κ1) is 20.1. The Balaban J connectivity index is 1.58. The molecule has 0 aromatic heterocycles. The minimum Gasteiger partial charge on any atom is -0.393 e. The number of piperazine rings is 1. The maximum Gasteiger partial charge on any atom is 0.191 e. The van der Waals surface area contributed by atoms with Crippen molar-refractivity contribution in [3.05, 3.63) is 66.0 Å². The second kappa shape index (κ2) is 9.55. The lowest BCUT2D eigenvalue weighted by Crippen LogP contribution is -2.51. The molecule has 0 radical (unpaired) electrons. The molecule has 0 saturated carbocycles. The van der Waals surface area contributed by atoms with E-state index in [9.17, 15) is 9.50 Å². The van der Waals surface area contributed by atoms with Crippen LogP contribution >= 0.6 is 0 Å². The maximum atomic E-state index is 13.1. The number of benzene rings is 2. The molecular formula is C22H29FN4O. The van der Waals surface area contributed by atoms with Crippen LogP contribution in [-0.4, -0.2) is 54.8 Å². The van der Waals surface area contributed by atoms with Gasteiger partial charge < -0.3 is 20.6 Å². The second-order valence-corrected chi connectivity index (χ2v) is 7.34. The Morgan fingerprint density at radius 3 is 2.32 bits per heavy atom. The number of hydrogen-bond donors (Lipinski definition) is 2. The normalized spacial score (nSPS) is 17.5. The monoisotopic (exact) mass is 384 g/mol. The van der Waals surface area contributed by atoms with Crippen molar-refractivity contribution in [3.63, 3.8) is 0 Å². The van der Waals surface area contributed by atoms with Gasteiger partial charge in [0.1, 0.15) is 5.82 Å². The highest BCUT2D eigenvalue weighted by Crippen LogP contribution is 2.22. The topological polar surface area (TPSA) is 65.1 Å². The zero-order chi connectivity index (χ0) is 19.9. The van der Waals surface area contributed by atoms with E-state index in [4.69, 9.17) is 5.73 Å². The Morgan fingerprint density at radius 1 is 1.07 bits per heavy atom. The summed E-state index contributed by atoms with van der Waals surface area (Å²) in [5, 5.41) is 9.83. The van der Waals surface area contributed by atoms with Crippen LogP contribution in [0.5, 0.6) is 0 Å². The Bertz CT molecular complexity index is 756.